The van der Waals surface area contributed by atoms with Crippen molar-refractivity contribution in [3.8, 4) is 11.4 Å². The van der Waals surface area contributed by atoms with Crippen LogP contribution in [0.15, 0.2) is 41.5 Å². The van der Waals surface area contributed by atoms with E-state index < -0.39 is 17.2 Å². The summed E-state index contributed by atoms with van der Waals surface area (Å²) in [5, 5.41) is -0.0628. The number of carbonyl (C=O) groups excluding carboxylic acids is 1. The molecule has 1 aliphatic heterocycles. The Labute approximate surface area is 179 Å². The van der Waals surface area contributed by atoms with E-state index in [0.717, 1.165) is 36.9 Å². The zero-order chi connectivity index (χ0) is 22.5. The molecule has 3 aromatic heterocycles. The fourth-order valence-corrected chi connectivity index (χ4v) is 4.28. The van der Waals surface area contributed by atoms with Crippen LogP contribution in [0, 0.1) is 0 Å². The van der Waals surface area contributed by atoms with Crippen LogP contribution in [0.4, 0.5) is 13.2 Å². The third-order valence-corrected chi connectivity index (χ3v) is 6.01. The van der Waals surface area contributed by atoms with Gasteiger partial charge in [-0.2, -0.15) is 13.2 Å². The zero-order valence-corrected chi connectivity index (χ0v) is 16.7. The Balaban J connectivity index is 1.59. The van der Waals surface area contributed by atoms with Gasteiger partial charge in [0.1, 0.15) is 5.82 Å². The number of rotatable bonds is 3. The van der Waals surface area contributed by atoms with Crippen molar-refractivity contribution in [1.29, 1.82) is 0 Å². The summed E-state index contributed by atoms with van der Waals surface area (Å²) in [4.78, 5) is 40.5. The van der Waals surface area contributed by atoms with Crippen molar-refractivity contribution in [3.05, 3.63) is 58.0 Å². The Morgan fingerprint density at radius 2 is 1.94 bits per heavy atom. The molecule has 7 nitrogen and oxygen atoms in total. The molecule has 1 amide bonds. The van der Waals surface area contributed by atoms with Gasteiger partial charge in [-0.15, -0.1) is 0 Å². The predicted molar refractivity (Wildman–Crippen MR) is 112 cm³/mol. The molecule has 1 saturated heterocycles. The number of pyridine rings is 2. The minimum absolute atomic E-state index is 0.0628. The summed E-state index contributed by atoms with van der Waals surface area (Å²) in [6.45, 7) is 1.32. The molecule has 4 aromatic rings. The minimum Gasteiger partial charge on any atom is -0.360 e. The van der Waals surface area contributed by atoms with E-state index in [1.165, 1.54) is 12.3 Å². The number of carbonyl (C=O) groups is 1. The fourth-order valence-electron chi connectivity index (χ4n) is 4.28. The minimum atomic E-state index is -4.55. The maximum Gasteiger partial charge on any atom is 0.416 e. The first-order valence-corrected chi connectivity index (χ1v) is 10.1. The van der Waals surface area contributed by atoms with Crippen molar-refractivity contribution >= 4 is 28.5 Å². The molecule has 0 saturated carbocycles. The van der Waals surface area contributed by atoms with E-state index in [9.17, 15) is 22.8 Å². The van der Waals surface area contributed by atoms with Crippen LogP contribution in [-0.2, 0) is 11.0 Å². The van der Waals surface area contributed by atoms with Gasteiger partial charge in [0.2, 0.25) is 6.41 Å². The molecule has 1 aromatic carbocycles. The molecule has 1 aliphatic rings. The van der Waals surface area contributed by atoms with Crippen LogP contribution in [0.5, 0.6) is 0 Å². The first-order chi connectivity index (χ1) is 15.3. The molecule has 4 heterocycles. The van der Waals surface area contributed by atoms with E-state index in [2.05, 4.69) is 19.9 Å². The summed E-state index contributed by atoms with van der Waals surface area (Å²) >= 11 is 0. The van der Waals surface area contributed by atoms with Crippen molar-refractivity contribution in [2.45, 2.75) is 24.9 Å². The Morgan fingerprint density at radius 3 is 2.66 bits per heavy atom. The highest BCUT2D eigenvalue weighted by molar-refractivity contribution is 5.85. The standard InChI is InChI=1S/C22H18F3N5O2/c23-22(24,25)13-1-2-17-15(9-13)19(32)16(10-27-17)20-28-18-14(3-6-26-21(18)29-20)12-4-7-30(11-31)8-5-12/h1-3,6,9-12H,4-5,7-8H2,(H,27,32)(H,26,28,29). The third-order valence-electron chi connectivity index (χ3n) is 6.01. The number of amides is 1. The molecule has 0 unspecified atom stereocenters. The molecular formula is C22H18F3N5O2. The van der Waals surface area contributed by atoms with Gasteiger partial charge < -0.3 is 14.9 Å². The number of nitrogens with zero attached hydrogens (tertiary/aromatic N) is 3. The molecule has 0 atom stereocenters. The quantitative estimate of drug-likeness (QED) is 0.473. The molecule has 32 heavy (non-hydrogen) atoms. The second kappa shape index (κ2) is 7.47. The number of alkyl halides is 3. The summed E-state index contributed by atoms with van der Waals surface area (Å²) in [6, 6.07) is 4.93. The molecule has 5 rings (SSSR count). The highest BCUT2D eigenvalue weighted by Gasteiger charge is 2.31. The second-order valence-electron chi connectivity index (χ2n) is 7.89. The van der Waals surface area contributed by atoms with Gasteiger partial charge in [-0.05, 0) is 48.6 Å². The molecule has 0 bridgehead atoms. The normalized spacial score (nSPS) is 15.5. The highest BCUT2D eigenvalue weighted by atomic mass is 19.4. The average Bonchev–Trinajstić information content (AvgIpc) is 3.23. The van der Waals surface area contributed by atoms with Crippen molar-refractivity contribution in [1.82, 2.24) is 24.8 Å². The number of likely N-dealkylation sites (tertiary alicyclic amines) is 1. The van der Waals surface area contributed by atoms with E-state index in [4.69, 9.17) is 0 Å². The summed E-state index contributed by atoms with van der Waals surface area (Å²) < 4.78 is 39.4. The zero-order valence-electron chi connectivity index (χ0n) is 16.7. The van der Waals surface area contributed by atoms with Crippen LogP contribution in [0.2, 0.25) is 0 Å². The average molecular weight is 441 g/mol. The van der Waals surface area contributed by atoms with Gasteiger partial charge in [0.15, 0.2) is 11.1 Å². The molecule has 0 aliphatic carbocycles. The summed E-state index contributed by atoms with van der Waals surface area (Å²) in [5.74, 6) is 0.445. The number of aromatic nitrogens is 4. The van der Waals surface area contributed by atoms with Crippen LogP contribution >= 0.6 is 0 Å². The van der Waals surface area contributed by atoms with E-state index in [1.54, 1.807) is 11.1 Å². The number of hydrogen-bond acceptors (Lipinski definition) is 4. The van der Waals surface area contributed by atoms with Crippen molar-refractivity contribution in [3.63, 3.8) is 0 Å². The molecule has 0 radical (unpaired) electrons. The first kappa shape index (κ1) is 20.2. The SMILES string of the molecule is O=CN1CCC(c2ccnc3nc(-c4c[nH]c5ccc(C(F)(F)F)cc5c4=O)[nH]c23)CC1. The van der Waals surface area contributed by atoms with Gasteiger partial charge in [-0.3, -0.25) is 9.59 Å². The van der Waals surface area contributed by atoms with Crippen LogP contribution in [0.25, 0.3) is 33.5 Å². The van der Waals surface area contributed by atoms with Gasteiger partial charge in [0.25, 0.3) is 0 Å². The van der Waals surface area contributed by atoms with Crippen LogP contribution in [0.3, 0.4) is 0 Å². The van der Waals surface area contributed by atoms with E-state index in [1.807, 2.05) is 6.07 Å². The Hall–Kier alpha value is -3.69. The van der Waals surface area contributed by atoms with E-state index >= 15 is 0 Å². The lowest BCUT2D eigenvalue weighted by molar-refractivity contribution is -0.137. The molecule has 1 fully saturated rings. The molecule has 164 valence electrons. The number of piperidine rings is 1. The van der Waals surface area contributed by atoms with Gasteiger partial charge in [0, 0.05) is 36.4 Å². The Bertz CT molecular complexity index is 1380. The number of nitrogens with one attached hydrogen (secondary N) is 2. The molecular weight excluding hydrogens is 423 g/mol. The lowest BCUT2D eigenvalue weighted by atomic mass is 9.89. The van der Waals surface area contributed by atoms with Crippen LogP contribution < -0.4 is 5.43 Å². The Kier molecular flexibility index (Phi) is 4.72. The molecule has 10 heteroatoms. The summed E-state index contributed by atoms with van der Waals surface area (Å²) in [6.07, 6.45) is 0.982. The highest BCUT2D eigenvalue weighted by Crippen LogP contribution is 2.33. The van der Waals surface area contributed by atoms with Crippen molar-refractivity contribution in [2.24, 2.45) is 0 Å². The fraction of sp³-hybridized carbons (Fsp3) is 0.273. The number of benzene rings is 1. The number of halogens is 3. The lowest BCUT2D eigenvalue weighted by Gasteiger charge is -2.29. The molecule has 0 spiro atoms. The number of aromatic amines is 2. The summed E-state index contributed by atoms with van der Waals surface area (Å²) in [7, 11) is 0. The Morgan fingerprint density at radius 1 is 1.16 bits per heavy atom. The number of imidazole rings is 1. The smallest absolute Gasteiger partial charge is 0.360 e. The monoisotopic (exact) mass is 441 g/mol. The predicted octanol–water partition coefficient (Wildman–Crippen LogP) is 3.82. The van der Waals surface area contributed by atoms with Crippen LogP contribution in [0.1, 0.15) is 29.9 Å². The topological polar surface area (TPSA) is 94.7 Å². The number of hydrogen-bond donors (Lipinski definition) is 2. The van der Waals surface area contributed by atoms with Gasteiger partial charge in [-0.25, -0.2) is 9.97 Å². The van der Waals surface area contributed by atoms with Crippen molar-refractivity contribution < 1.29 is 18.0 Å². The van der Waals surface area contributed by atoms with Crippen LogP contribution in [-0.4, -0.2) is 44.3 Å². The third kappa shape index (κ3) is 3.41. The maximum atomic E-state index is 13.1. The van der Waals surface area contributed by atoms with Gasteiger partial charge >= 0.3 is 6.18 Å². The van der Waals surface area contributed by atoms with Gasteiger partial charge in [0.05, 0.1) is 16.6 Å². The number of fused-ring (bicyclic) bond motifs is 2. The lowest BCUT2D eigenvalue weighted by Crippen LogP contribution is -2.31. The van der Waals surface area contributed by atoms with E-state index in [-0.39, 0.29) is 22.7 Å². The first-order valence-electron chi connectivity index (χ1n) is 10.1. The second-order valence-corrected chi connectivity index (χ2v) is 7.89. The van der Waals surface area contributed by atoms with E-state index in [0.29, 0.717) is 29.8 Å². The van der Waals surface area contributed by atoms with Crippen molar-refractivity contribution in [2.75, 3.05) is 13.1 Å². The van der Waals surface area contributed by atoms with Gasteiger partial charge in [-0.1, -0.05) is 0 Å². The largest absolute Gasteiger partial charge is 0.416 e. The maximum absolute atomic E-state index is 13.1. The summed E-state index contributed by atoms with van der Waals surface area (Å²) in [5.41, 5.74) is 1.12. The molecule has 2 N–H and O–H groups in total. The number of H-pyrrole nitrogens is 2.